The van der Waals surface area contributed by atoms with Crippen LogP contribution in [0.15, 0.2) is 75.0 Å². The Morgan fingerprint density at radius 3 is 1.47 bits per heavy atom. The van der Waals surface area contributed by atoms with E-state index >= 15 is 0 Å². The summed E-state index contributed by atoms with van der Waals surface area (Å²) in [6.07, 6.45) is 4.44. The molecule has 0 aliphatic heterocycles. The van der Waals surface area contributed by atoms with Gasteiger partial charge in [-0.25, -0.2) is 9.78 Å². The van der Waals surface area contributed by atoms with Crippen LogP contribution in [0.3, 0.4) is 0 Å². The van der Waals surface area contributed by atoms with E-state index in [1.807, 2.05) is 6.07 Å². The summed E-state index contributed by atoms with van der Waals surface area (Å²) in [4.78, 5) is 187. The summed E-state index contributed by atoms with van der Waals surface area (Å²) >= 11 is 9.07. The molecular weight excluding hydrogens is 1380 g/mol. The lowest BCUT2D eigenvalue weighted by Crippen LogP contribution is -2.61. The van der Waals surface area contributed by atoms with E-state index in [0.717, 1.165) is 17.2 Å². The molecule has 1 unspecified atom stereocenters. The van der Waals surface area contributed by atoms with Gasteiger partial charge in [0.1, 0.15) is 48.3 Å². The van der Waals surface area contributed by atoms with E-state index < -0.39 is 150 Å². The summed E-state index contributed by atoms with van der Waals surface area (Å²) in [6, 6.07) is -1.06. The minimum atomic E-state index is -1.96. The number of amides is 10. The molecule has 10 amide bonds. The molecule has 0 spiro atoms. The molecule has 2 aromatic carbocycles. The van der Waals surface area contributed by atoms with Gasteiger partial charge in [0.15, 0.2) is 23.8 Å². The summed E-state index contributed by atoms with van der Waals surface area (Å²) in [7, 11) is 0. The smallest absolute Gasteiger partial charge is 0.326 e. The summed E-state index contributed by atoms with van der Waals surface area (Å²) in [5, 5.41) is 46.3. The van der Waals surface area contributed by atoms with Gasteiger partial charge in [-0.05, 0) is 80.5 Å². The molecule has 1 aromatic heterocycles. The fraction of sp³-hybridized carbons (Fsp3) is 0.532. The van der Waals surface area contributed by atoms with Gasteiger partial charge in [-0.2, -0.15) is 25.3 Å². The van der Waals surface area contributed by atoms with Crippen molar-refractivity contribution in [2.45, 2.75) is 162 Å². The van der Waals surface area contributed by atoms with Crippen LogP contribution < -0.4 is 105 Å². The van der Waals surface area contributed by atoms with E-state index in [-0.39, 0.29) is 114 Å². The van der Waals surface area contributed by atoms with Crippen LogP contribution in [0.1, 0.15) is 101 Å². The van der Waals surface area contributed by atoms with Gasteiger partial charge in [-0.1, -0.05) is 61.7 Å². The molecule has 9 atom stereocenters. The van der Waals surface area contributed by atoms with Crippen LogP contribution in [0.25, 0.3) is 10.8 Å². The van der Waals surface area contributed by atoms with Crippen molar-refractivity contribution >= 4 is 131 Å². The topological polar surface area (TPSA) is 678 Å². The number of carboxylic acids is 2. The number of hydrogen-bond acceptors (Lipinski definition) is 20. The highest BCUT2D eigenvalue weighted by Gasteiger charge is 2.43. The van der Waals surface area contributed by atoms with Crippen molar-refractivity contribution in [2.75, 3.05) is 45.0 Å². The molecule has 41 heteroatoms. The minimum Gasteiger partial charge on any atom is -0.481 e. The molecule has 103 heavy (non-hydrogen) atoms. The molecule has 3 aromatic rings. The summed E-state index contributed by atoms with van der Waals surface area (Å²) < 4.78 is -1.03. The lowest BCUT2D eigenvalue weighted by molar-refractivity contribution is -0.142. The van der Waals surface area contributed by atoms with Crippen LogP contribution in [0.5, 0.6) is 0 Å². The molecule has 39 nitrogen and oxygen atoms in total. The average Bonchev–Trinajstić information content (AvgIpc) is 1.07. The average molecular weight is 1480 g/mol. The second kappa shape index (κ2) is 43.8. The highest BCUT2D eigenvalue weighted by molar-refractivity contribution is 7.82. The maximum Gasteiger partial charge on any atom is 0.326 e. The molecule has 0 saturated heterocycles. The Labute approximate surface area is 603 Å². The molecule has 566 valence electrons. The SMILES string of the molecule is NC(N)=NCCC[C@H](NC(=O)[C@H](CS)NC(=O)[C@H](CCCN=C(N)N)NC(=O)[C@H](Cc1ccc2ccccc2c1)NC(=O)[C@H](CC(=O)O)NC(=O)CNC(=O)[C@H](CCCN=C(N)N)NC(=O)[C@H](Cc1cnc[nH]1)NC(=O)CNC(=O)C(NC(=O)[C@@H](N)CCCN=C(N)N)C1(S)CCCCC1)C(=O)O. The first-order chi connectivity index (χ1) is 48.9. The lowest BCUT2D eigenvalue weighted by Gasteiger charge is -2.39. The molecule has 31 N–H and O–H groups in total. The number of carboxylic acid groups (broad SMARTS) is 2. The number of nitrogens with zero attached hydrogens (tertiary/aromatic N) is 5. The Hall–Kier alpha value is -10.7. The maximum atomic E-state index is 14.7. The van der Waals surface area contributed by atoms with Crippen molar-refractivity contribution < 1.29 is 67.7 Å². The fourth-order valence-electron chi connectivity index (χ4n) is 10.7. The number of carbonyl (C=O) groups excluding carboxylic acids is 10. The van der Waals surface area contributed by atoms with Crippen LogP contribution in [0.2, 0.25) is 0 Å². The van der Waals surface area contributed by atoms with Crippen molar-refractivity contribution in [3.63, 3.8) is 0 Å². The van der Waals surface area contributed by atoms with Crippen molar-refractivity contribution in [2.24, 2.45) is 71.6 Å². The number of hydrogen-bond donors (Lipinski definition) is 24. The number of fused-ring (bicyclic) bond motifs is 1. The third-order valence-electron chi connectivity index (χ3n) is 16.0. The zero-order valence-corrected chi connectivity index (χ0v) is 58.6. The van der Waals surface area contributed by atoms with Crippen LogP contribution in [-0.2, 0) is 70.4 Å². The van der Waals surface area contributed by atoms with Gasteiger partial charge in [-0.15, -0.1) is 0 Å². The molecular formula is C62H97N25O14S2. The number of aliphatic imine (C=N–C) groups is 4. The Morgan fingerprint density at radius 2 is 0.951 bits per heavy atom. The van der Waals surface area contributed by atoms with Gasteiger partial charge < -0.3 is 120 Å². The number of nitrogens with one attached hydrogen (secondary N) is 11. The van der Waals surface area contributed by atoms with Gasteiger partial charge in [0.25, 0.3) is 0 Å². The molecule has 1 aliphatic carbocycles. The van der Waals surface area contributed by atoms with Crippen molar-refractivity contribution in [3.05, 3.63) is 66.2 Å². The Kier molecular flexibility index (Phi) is 36.1. The number of aromatic nitrogens is 2. The molecule has 0 radical (unpaired) electrons. The summed E-state index contributed by atoms with van der Waals surface area (Å²) in [5.74, 6) is -13.8. The predicted molar refractivity (Wildman–Crippen MR) is 388 cm³/mol. The van der Waals surface area contributed by atoms with E-state index in [1.165, 1.54) is 12.5 Å². The van der Waals surface area contributed by atoms with E-state index in [1.54, 1.807) is 36.4 Å². The highest BCUT2D eigenvalue weighted by Crippen LogP contribution is 2.37. The number of H-pyrrole nitrogens is 1. The Bertz CT molecular complexity index is 3510. The predicted octanol–water partition coefficient (Wildman–Crippen LogP) is -6.88. The van der Waals surface area contributed by atoms with Gasteiger partial charge in [0, 0.05) is 61.4 Å². The highest BCUT2D eigenvalue weighted by atomic mass is 32.1. The number of guanidine groups is 4. The van der Waals surface area contributed by atoms with Gasteiger partial charge in [0.05, 0.1) is 31.9 Å². The number of rotatable bonds is 45. The van der Waals surface area contributed by atoms with Gasteiger partial charge in [-0.3, -0.25) is 72.7 Å². The first-order valence-electron chi connectivity index (χ1n) is 33.0. The zero-order valence-electron chi connectivity index (χ0n) is 56.8. The van der Waals surface area contributed by atoms with E-state index in [4.69, 9.17) is 64.2 Å². The second-order valence-electron chi connectivity index (χ2n) is 24.3. The van der Waals surface area contributed by atoms with E-state index in [0.29, 0.717) is 43.4 Å². The number of imidazole rings is 1. The normalized spacial score (nSPS) is 14.9. The maximum absolute atomic E-state index is 14.7. The van der Waals surface area contributed by atoms with Crippen LogP contribution in [0, 0.1) is 0 Å². The first kappa shape index (κ1) is 84.7. The number of aliphatic carboxylic acids is 2. The fourth-order valence-corrected chi connectivity index (χ4v) is 11.5. The van der Waals surface area contributed by atoms with Crippen LogP contribution >= 0.6 is 25.3 Å². The summed E-state index contributed by atoms with van der Waals surface area (Å²) in [6.45, 7) is -1.50. The summed E-state index contributed by atoms with van der Waals surface area (Å²) in [5.41, 5.74) is 50.6. The second-order valence-corrected chi connectivity index (χ2v) is 25.5. The Balaban J connectivity index is 1.56. The largest absolute Gasteiger partial charge is 0.481 e. The first-order valence-corrected chi connectivity index (χ1v) is 34.1. The minimum absolute atomic E-state index is 0.0426. The van der Waals surface area contributed by atoms with Crippen molar-refractivity contribution in [1.82, 2.24) is 63.1 Å². The molecule has 1 saturated carbocycles. The zero-order chi connectivity index (χ0) is 76.2. The number of thiol groups is 2. The van der Waals surface area contributed by atoms with Crippen LogP contribution in [0.4, 0.5) is 0 Å². The molecule has 0 bridgehead atoms. The van der Waals surface area contributed by atoms with Crippen molar-refractivity contribution in [3.8, 4) is 0 Å². The molecule has 1 heterocycles. The monoisotopic (exact) mass is 1480 g/mol. The van der Waals surface area contributed by atoms with E-state index in [9.17, 15) is 67.7 Å². The molecule has 1 aliphatic rings. The Morgan fingerprint density at radius 1 is 0.505 bits per heavy atom. The molecule has 1 fully saturated rings. The van der Waals surface area contributed by atoms with Gasteiger partial charge >= 0.3 is 11.9 Å². The van der Waals surface area contributed by atoms with E-state index in [2.05, 4.69) is 95.7 Å². The third kappa shape index (κ3) is 31.4. The number of carbonyl (C=O) groups is 12. The molecule has 4 rings (SSSR count). The third-order valence-corrected chi connectivity index (χ3v) is 17.1. The quantitative estimate of drug-likeness (QED) is 0.0108. The van der Waals surface area contributed by atoms with Gasteiger partial charge in [0.2, 0.25) is 59.1 Å². The van der Waals surface area contributed by atoms with Crippen molar-refractivity contribution in [1.29, 1.82) is 0 Å². The lowest BCUT2D eigenvalue weighted by atomic mass is 9.82. The standard InChI is InChI=1S/C62H97N25O14S2/c63-37(12-6-20-73-58(64)65)49(92)87-48(62(103)18-4-1-5-19-62)56(99)78-30-46(89)80-42(26-36-28-72-32-79-36)53(96)82-38(13-7-21-74-59(66)67)50(93)77-29-45(88)81-43(27-47(90)91)54(97)85-41(25-33-16-17-34-10-2-3-11-35(34)24-33)52(95)83-39(14-8-22-75-60(68)69)51(94)86-44(31-102)55(98)84-40(57(100)101)15-9-23-76-61(70)71/h2-3,10-11,16-17,24,28,32,37-44,48,102-103H,1,4-9,12-15,18-23,25-27,29-31,63H2,(H,72,79)(H,77,93)(H,78,99)(H,80,89)(H,81,88)(H,82,96)(H,83,95)(H,84,98)(H,85,97)(H,86,94)(H,87,92)(H,90,91)(H,100,101)(H4,64,65,73)(H4,66,67,74)(H4,68,69,75)(H4,70,71,76)/t37-,38-,39-,40-,41-,42-,43-,44-,48?/m0/s1. The number of aromatic amines is 1. The number of nitrogens with two attached hydrogens (primary N) is 9. The number of benzene rings is 2. The van der Waals surface area contributed by atoms with Crippen LogP contribution in [-0.4, -0.2) is 219 Å².